The van der Waals surface area contributed by atoms with E-state index >= 15 is 0 Å². The maximum absolute atomic E-state index is 11.6. The summed E-state index contributed by atoms with van der Waals surface area (Å²) < 4.78 is 42.2. The second kappa shape index (κ2) is 13.8. The molecule has 0 radical (unpaired) electrons. The van der Waals surface area contributed by atoms with Gasteiger partial charge in [-0.3, -0.25) is 0 Å². The molecular formula is C24H20FeO8P2. The van der Waals surface area contributed by atoms with Crippen molar-refractivity contribution in [1.29, 1.82) is 0 Å². The van der Waals surface area contributed by atoms with E-state index in [4.69, 9.17) is 18.1 Å². The Labute approximate surface area is 213 Å². The van der Waals surface area contributed by atoms with Crippen LogP contribution < -0.4 is 27.9 Å². The van der Waals surface area contributed by atoms with Gasteiger partial charge in [-0.15, -0.1) is 0 Å². The molecule has 4 rings (SSSR count). The molecule has 35 heavy (non-hydrogen) atoms. The number of phosphoric acid groups is 2. The third-order valence-electron chi connectivity index (χ3n) is 3.84. The van der Waals surface area contributed by atoms with Crippen LogP contribution in [-0.4, -0.2) is 0 Å². The van der Waals surface area contributed by atoms with E-state index in [-0.39, 0.29) is 40.1 Å². The van der Waals surface area contributed by atoms with Crippen LogP contribution in [0.3, 0.4) is 0 Å². The summed E-state index contributed by atoms with van der Waals surface area (Å²) >= 11 is 0. The van der Waals surface area contributed by atoms with Gasteiger partial charge < -0.3 is 27.9 Å². The maximum Gasteiger partial charge on any atom is 2.00 e. The van der Waals surface area contributed by atoms with Crippen molar-refractivity contribution in [3.05, 3.63) is 121 Å². The molecule has 182 valence electrons. The van der Waals surface area contributed by atoms with E-state index < -0.39 is 15.6 Å². The van der Waals surface area contributed by atoms with Gasteiger partial charge in [-0.1, -0.05) is 72.8 Å². The molecule has 0 heterocycles. The molecule has 0 saturated carbocycles. The first-order valence-corrected chi connectivity index (χ1v) is 12.8. The van der Waals surface area contributed by atoms with Gasteiger partial charge in [0.2, 0.25) is 0 Å². The van der Waals surface area contributed by atoms with E-state index in [2.05, 4.69) is 0 Å². The van der Waals surface area contributed by atoms with Gasteiger partial charge >= 0.3 is 32.7 Å². The van der Waals surface area contributed by atoms with Crippen LogP contribution in [0.5, 0.6) is 23.0 Å². The van der Waals surface area contributed by atoms with Crippen LogP contribution in [-0.2, 0) is 26.2 Å². The Morgan fingerprint density at radius 1 is 0.400 bits per heavy atom. The Morgan fingerprint density at radius 2 is 0.571 bits per heavy atom. The number of phosphoric ester groups is 2. The summed E-state index contributed by atoms with van der Waals surface area (Å²) in [5.41, 5.74) is 0. The van der Waals surface area contributed by atoms with Gasteiger partial charge in [0.15, 0.2) is 0 Å². The Balaban J connectivity index is 0.000000240. The zero-order valence-electron chi connectivity index (χ0n) is 18.1. The molecule has 4 aromatic carbocycles. The second-order valence-electron chi connectivity index (χ2n) is 6.51. The third kappa shape index (κ3) is 10.8. The first-order chi connectivity index (χ1) is 16.3. The summed E-state index contributed by atoms with van der Waals surface area (Å²) in [6.07, 6.45) is 0. The van der Waals surface area contributed by atoms with E-state index in [9.17, 15) is 18.9 Å². The number of rotatable bonds is 8. The van der Waals surface area contributed by atoms with Gasteiger partial charge in [-0.05, 0) is 48.5 Å². The summed E-state index contributed by atoms with van der Waals surface area (Å²) in [5, 5.41) is 0. The van der Waals surface area contributed by atoms with Crippen molar-refractivity contribution in [2.75, 3.05) is 0 Å². The van der Waals surface area contributed by atoms with E-state index in [1.165, 1.54) is 0 Å². The average Bonchev–Trinajstić information content (AvgIpc) is 2.81. The van der Waals surface area contributed by atoms with Crippen LogP contribution in [0.1, 0.15) is 0 Å². The van der Waals surface area contributed by atoms with E-state index in [1.54, 1.807) is 121 Å². The molecule has 0 aliphatic heterocycles. The Morgan fingerprint density at radius 3 is 0.743 bits per heavy atom. The number of hydrogen-bond donors (Lipinski definition) is 0. The molecule has 0 aliphatic carbocycles. The first kappa shape index (κ1) is 28.2. The van der Waals surface area contributed by atoms with Crippen molar-refractivity contribution >= 4 is 15.6 Å². The topological polar surface area (TPSA) is 117 Å². The number of benzene rings is 4. The molecule has 0 saturated heterocycles. The predicted octanol–water partition coefficient (Wildman–Crippen LogP) is 5.22. The molecule has 0 amide bonds. The largest absolute Gasteiger partial charge is 2.00 e. The quantitative estimate of drug-likeness (QED) is 0.215. The van der Waals surface area contributed by atoms with Crippen molar-refractivity contribution < 1.29 is 54.1 Å². The van der Waals surface area contributed by atoms with E-state index in [0.717, 1.165) is 0 Å². The van der Waals surface area contributed by atoms with Gasteiger partial charge in [0, 0.05) is 0 Å². The molecule has 0 N–H and O–H groups in total. The second-order valence-corrected chi connectivity index (χ2v) is 9.03. The van der Waals surface area contributed by atoms with Gasteiger partial charge in [0.1, 0.15) is 23.0 Å². The first-order valence-electron chi connectivity index (χ1n) is 9.92. The zero-order valence-corrected chi connectivity index (χ0v) is 21.0. The molecule has 0 aliphatic rings. The zero-order chi connectivity index (χ0) is 24.3. The summed E-state index contributed by atoms with van der Waals surface area (Å²) in [6, 6.07) is 32.8. The van der Waals surface area contributed by atoms with Crippen molar-refractivity contribution in [3.8, 4) is 23.0 Å². The number of para-hydroxylation sites is 4. The Hall–Kier alpha value is -3.02. The molecule has 0 bridgehead atoms. The van der Waals surface area contributed by atoms with E-state index in [1.807, 2.05) is 0 Å². The van der Waals surface area contributed by atoms with Crippen LogP contribution in [0.25, 0.3) is 0 Å². The standard InChI is InChI=1S/2C12H11O4P.Fe/c2*13-17(14,15-11-7-3-1-4-8-11)16-12-9-5-2-6-10-12;/h2*1-10H,(H,13,14);/q;;+2/p-2. The van der Waals surface area contributed by atoms with Crippen molar-refractivity contribution in [1.82, 2.24) is 0 Å². The minimum atomic E-state index is -4.39. The fraction of sp³-hybridized carbons (Fsp3) is 0. The summed E-state index contributed by atoms with van der Waals surface area (Å²) in [4.78, 5) is 23.1. The Kier molecular flexibility index (Phi) is 11.1. The van der Waals surface area contributed by atoms with Gasteiger partial charge in [-0.2, -0.15) is 0 Å². The fourth-order valence-electron chi connectivity index (χ4n) is 2.48. The number of hydrogen-bond acceptors (Lipinski definition) is 8. The average molecular weight is 554 g/mol. The SMILES string of the molecule is O=P([O-])(Oc1ccccc1)Oc1ccccc1.O=P([O-])(Oc1ccccc1)Oc1ccccc1.[Fe+2]. The summed E-state index contributed by atoms with van der Waals surface area (Å²) in [6.45, 7) is 0. The smallest absolute Gasteiger partial charge is 0.736 e. The van der Waals surface area contributed by atoms with E-state index in [0.29, 0.717) is 0 Å². The van der Waals surface area contributed by atoms with Crippen LogP contribution >= 0.6 is 15.6 Å². The molecule has 0 spiro atoms. The molecule has 0 fully saturated rings. The van der Waals surface area contributed by atoms with Crippen molar-refractivity contribution in [2.24, 2.45) is 0 Å². The normalized spacial score (nSPS) is 10.6. The van der Waals surface area contributed by atoms with Crippen LogP contribution in [0.15, 0.2) is 121 Å². The van der Waals surface area contributed by atoms with Crippen molar-refractivity contribution in [3.63, 3.8) is 0 Å². The minimum absolute atomic E-state index is 0. The minimum Gasteiger partial charge on any atom is -0.736 e. The van der Waals surface area contributed by atoms with Gasteiger partial charge in [0.25, 0.3) is 0 Å². The van der Waals surface area contributed by atoms with Crippen molar-refractivity contribution in [2.45, 2.75) is 0 Å². The molecule has 0 aromatic heterocycles. The van der Waals surface area contributed by atoms with Crippen LogP contribution in [0.2, 0.25) is 0 Å². The van der Waals surface area contributed by atoms with Crippen LogP contribution in [0, 0.1) is 0 Å². The van der Waals surface area contributed by atoms with Crippen LogP contribution in [0.4, 0.5) is 0 Å². The predicted molar refractivity (Wildman–Crippen MR) is 123 cm³/mol. The molecule has 11 heteroatoms. The molecule has 0 unspecified atom stereocenters. The Bertz CT molecular complexity index is 1040. The molecule has 8 nitrogen and oxygen atoms in total. The maximum atomic E-state index is 11.6. The fourth-order valence-corrected chi connectivity index (χ4v) is 4.07. The summed E-state index contributed by atoms with van der Waals surface area (Å²) in [5.74, 6) is 0.895. The van der Waals surface area contributed by atoms with Gasteiger partial charge in [0.05, 0.1) is 0 Å². The molecule has 4 aromatic rings. The molecular weight excluding hydrogens is 534 g/mol. The van der Waals surface area contributed by atoms with Gasteiger partial charge in [-0.25, -0.2) is 9.13 Å². The monoisotopic (exact) mass is 554 g/mol. The third-order valence-corrected chi connectivity index (χ3v) is 5.58. The summed E-state index contributed by atoms with van der Waals surface area (Å²) in [7, 11) is -8.77. The molecule has 0 atom stereocenters.